The first-order valence-electron chi connectivity index (χ1n) is 9.32. The molecule has 3 aromatic rings. The van der Waals surface area contributed by atoms with E-state index in [9.17, 15) is 5.26 Å². The van der Waals surface area contributed by atoms with Crippen molar-refractivity contribution >= 4 is 23.7 Å². The van der Waals surface area contributed by atoms with Gasteiger partial charge in [-0.25, -0.2) is 0 Å². The summed E-state index contributed by atoms with van der Waals surface area (Å²) in [5, 5.41) is 11.3. The number of likely N-dealkylation sites (tertiary alicyclic amines) is 1. The van der Waals surface area contributed by atoms with Gasteiger partial charge in [-0.1, -0.05) is 30.3 Å². The van der Waals surface area contributed by atoms with Crippen LogP contribution in [0, 0.1) is 17.2 Å². The van der Waals surface area contributed by atoms with Crippen LogP contribution in [0.15, 0.2) is 60.0 Å². The van der Waals surface area contributed by atoms with Crippen LogP contribution in [0.25, 0.3) is 10.4 Å². The third-order valence-electron chi connectivity index (χ3n) is 5.67. The minimum absolute atomic E-state index is 0. The minimum atomic E-state index is 0. The van der Waals surface area contributed by atoms with E-state index >= 15 is 0 Å². The molecule has 1 aromatic heterocycles. The number of hydrogen-bond donors (Lipinski definition) is 0. The second kappa shape index (κ2) is 7.97. The zero-order chi connectivity index (χ0) is 18.2. The molecule has 2 aliphatic heterocycles. The Bertz CT molecular complexity index is 994. The summed E-state index contributed by atoms with van der Waals surface area (Å²) < 4.78 is 5.96. The summed E-state index contributed by atoms with van der Waals surface area (Å²) in [6.07, 6.45) is 0. The highest BCUT2D eigenvalue weighted by molar-refractivity contribution is 7.13. The van der Waals surface area contributed by atoms with Crippen LogP contribution in [-0.2, 0) is 6.54 Å². The summed E-state index contributed by atoms with van der Waals surface area (Å²) in [4.78, 5) is 3.84. The fraction of sp³-hybridized carbons (Fsp3) is 0.261. The fourth-order valence-corrected chi connectivity index (χ4v) is 5.06. The number of fused-ring (bicyclic) bond motifs is 3. The number of rotatable bonds is 3. The standard InChI is InChI=1S/C23H20N2OS.ClH/c24-11-17-5-8-22-20(10-17)21-14-25(13-19(21)15-26-22)12-16-3-6-18(7-4-16)23-2-1-9-27-23;/h1-10,19,21H,12-15H2;1H/t19-,21+;/m0./s1. The lowest BCUT2D eigenvalue weighted by atomic mass is 9.86. The minimum Gasteiger partial charge on any atom is -0.493 e. The van der Waals surface area contributed by atoms with Gasteiger partial charge in [0, 0.05) is 41.9 Å². The molecule has 1 fully saturated rings. The molecule has 142 valence electrons. The first kappa shape index (κ1) is 19.0. The molecule has 0 amide bonds. The predicted molar refractivity (Wildman–Crippen MR) is 115 cm³/mol. The van der Waals surface area contributed by atoms with Gasteiger partial charge in [-0.3, -0.25) is 4.90 Å². The molecule has 2 aliphatic rings. The number of nitrogens with zero attached hydrogens (tertiary/aromatic N) is 2. The van der Waals surface area contributed by atoms with Crippen molar-refractivity contribution < 1.29 is 4.74 Å². The van der Waals surface area contributed by atoms with Crippen molar-refractivity contribution in [1.29, 1.82) is 5.26 Å². The number of halogens is 1. The Hall–Kier alpha value is -2.32. The Balaban J connectivity index is 0.00000192. The maximum absolute atomic E-state index is 9.22. The van der Waals surface area contributed by atoms with E-state index < -0.39 is 0 Å². The molecule has 0 aliphatic carbocycles. The molecular formula is C23H21ClN2OS. The van der Waals surface area contributed by atoms with Crippen LogP contribution in [0.5, 0.6) is 5.75 Å². The normalized spacial score (nSPS) is 20.4. The van der Waals surface area contributed by atoms with Crippen molar-refractivity contribution in [3.63, 3.8) is 0 Å². The lowest BCUT2D eigenvalue weighted by Gasteiger charge is -2.27. The number of nitriles is 1. The molecule has 0 bridgehead atoms. The Morgan fingerprint density at radius 3 is 2.71 bits per heavy atom. The molecule has 1 saturated heterocycles. The number of hydrogen-bond acceptors (Lipinski definition) is 4. The lowest BCUT2D eigenvalue weighted by Crippen LogP contribution is -2.25. The number of thiophene rings is 1. The average Bonchev–Trinajstić information content (AvgIpc) is 3.38. The molecule has 3 heterocycles. The van der Waals surface area contributed by atoms with Crippen LogP contribution in [0.1, 0.15) is 22.6 Å². The summed E-state index contributed by atoms with van der Waals surface area (Å²) in [6, 6.07) is 21.3. The monoisotopic (exact) mass is 408 g/mol. The van der Waals surface area contributed by atoms with E-state index in [1.54, 1.807) is 11.3 Å². The first-order valence-corrected chi connectivity index (χ1v) is 10.2. The molecule has 2 atom stereocenters. The predicted octanol–water partition coefficient (Wildman–Crippen LogP) is 5.32. The van der Waals surface area contributed by atoms with Crippen LogP contribution in [0.2, 0.25) is 0 Å². The Morgan fingerprint density at radius 1 is 1.11 bits per heavy atom. The molecular weight excluding hydrogens is 388 g/mol. The summed E-state index contributed by atoms with van der Waals surface area (Å²) >= 11 is 1.78. The van der Waals surface area contributed by atoms with Crippen molar-refractivity contribution in [1.82, 2.24) is 4.90 Å². The maximum atomic E-state index is 9.22. The molecule has 0 saturated carbocycles. The van der Waals surface area contributed by atoms with Crippen LogP contribution in [0.3, 0.4) is 0 Å². The average molecular weight is 409 g/mol. The van der Waals surface area contributed by atoms with E-state index in [-0.39, 0.29) is 12.4 Å². The molecule has 28 heavy (non-hydrogen) atoms. The van der Waals surface area contributed by atoms with Gasteiger partial charge in [0.05, 0.1) is 18.2 Å². The van der Waals surface area contributed by atoms with Crippen molar-refractivity contribution in [3.8, 4) is 22.3 Å². The molecule has 0 spiro atoms. The van der Waals surface area contributed by atoms with Gasteiger partial charge in [-0.2, -0.15) is 5.26 Å². The first-order chi connectivity index (χ1) is 13.3. The van der Waals surface area contributed by atoms with E-state index in [4.69, 9.17) is 4.74 Å². The Kier molecular flexibility index (Phi) is 5.41. The van der Waals surface area contributed by atoms with Gasteiger partial charge in [-0.15, -0.1) is 23.7 Å². The topological polar surface area (TPSA) is 36.3 Å². The third kappa shape index (κ3) is 3.54. The van der Waals surface area contributed by atoms with Crippen LogP contribution in [0.4, 0.5) is 0 Å². The highest BCUT2D eigenvalue weighted by Gasteiger charge is 2.38. The molecule has 5 rings (SSSR count). The SMILES string of the molecule is Cl.N#Cc1ccc2c(c1)[C@@H]1CN(Cc3ccc(-c4cccs4)cc3)C[C@H]1CO2. The number of ether oxygens (including phenoxy) is 1. The summed E-state index contributed by atoms with van der Waals surface area (Å²) in [5.74, 6) is 1.93. The van der Waals surface area contributed by atoms with Crippen molar-refractivity contribution in [2.24, 2.45) is 5.92 Å². The van der Waals surface area contributed by atoms with E-state index in [1.807, 2.05) is 18.2 Å². The van der Waals surface area contributed by atoms with E-state index in [0.717, 1.165) is 37.6 Å². The molecule has 3 nitrogen and oxygen atoms in total. The zero-order valence-electron chi connectivity index (χ0n) is 15.4. The highest BCUT2D eigenvalue weighted by Crippen LogP contribution is 2.42. The fourth-order valence-electron chi connectivity index (χ4n) is 4.32. The number of benzene rings is 2. The van der Waals surface area contributed by atoms with Gasteiger partial charge in [0.25, 0.3) is 0 Å². The quantitative estimate of drug-likeness (QED) is 0.588. The Morgan fingerprint density at radius 2 is 1.96 bits per heavy atom. The van der Waals surface area contributed by atoms with Crippen molar-refractivity contribution in [2.45, 2.75) is 12.5 Å². The van der Waals surface area contributed by atoms with Crippen LogP contribution in [-0.4, -0.2) is 24.6 Å². The molecule has 0 N–H and O–H groups in total. The van der Waals surface area contributed by atoms with E-state index in [1.165, 1.54) is 21.6 Å². The molecule has 0 radical (unpaired) electrons. The third-order valence-corrected chi connectivity index (χ3v) is 6.59. The van der Waals surface area contributed by atoms with Gasteiger partial charge in [0.2, 0.25) is 0 Å². The highest BCUT2D eigenvalue weighted by atomic mass is 35.5. The van der Waals surface area contributed by atoms with Crippen LogP contribution < -0.4 is 4.74 Å². The smallest absolute Gasteiger partial charge is 0.122 e. The molecule has 0 unspecified atom stereocenters. The van der Waals surface area contributed by atoms with Gasteiger partial charge in [0.15, 0.2) is 0 Å². The van der Waals surface area contributed by atoms with Gasteiger partial charge < -0.3 is 4.74 Å². The second-order valence-electron chi connectivity index (χ2n) is 7.41. The lowest BCUT2D eigenvalue weighted by molar-refractivity contribution is 0.212. The van der Waals surface area contributed by atoms with Crippen LogP contribution >= 0.6 is 23.7 Å². The summed E-state index contributed by atoms with van der Waals surface area (Å²) in [7, 11) is 0. The summed E-state index contributed by atoms with van der Waals surface area (Å²) in [6.45, 7) is 3.82. The van der Waals surface area contributed by atoms with Gasteiger partial charge in [-0.05, 0) is 40.8 Å². The van der Waals surface area contributed by atoms with Crippen molar-refractivity contribution in [3.05, 3.63) is 76.7 Å². The summed E-state index contributed by atoms with van der Waals surface area (Å²) in [5.41, 5.74) is 4.57. The van der Waals surface area contributed by atoms with E-state index in [0.29, 0.717) is 11.8 Å². The van der Waals surface area contributed by atoms with Gasteiger partial charge >= 0.3 is 0 Å². The molecule has 2 aromatic carbocycles. The molecule has 5 heteroatoms. The van der Waals surface area contributed by atoms with Gasteiger partial charge in [0.1, 0.15) is 5.75 Å². The maximum Gasteiger partial charge on any atom is 0.122 e. The van der Waals surface area contributed by atoms with E-state index in [2.05, 4.69) is 52.7 Å². The Labute approximate surface area is 175 Å². The largest absolute Gasteiger partial charge is 0.493 e. The zero-order valence-corrected chi connectivity index (χ0v) is 17.0. The van der Waals surface area contributed by atoms with Crippen molar-refractivity contribution in [2.75, 3.05) is 19.7 Å². The second-order valence-corrected chi connectivity index (χ2v) is 8.36.